The van der Waals surface area contributed by atoms with Crippen LogP contribution in [0.3, 0.4) is 0 Å². The number of halogens is 1. The predicted molar refractivity (Wildman–Crippen MR) is 82.6 cm³/mol. The Bertz CT molecular complexity index is 379. The van der Waals surface area contributed by atoms with Crippen molar-refractivity contribution in [2.45, 2.75) is 52.5 Å². The van der Waals surface area contributed by atoms with Gasteiger partial charge in [-0.3, -0.25) is 0 Å². The highest BCUT2D eigenvalue weighted by atomic mass is 19.1. The van der Waals surface area contributed by atoms with E-state index in [2.05, 4.69) is 19.2 Å². The lowest BCUT2D eigenvalue weighted by Crippen LogP contribution is -2.15. The predicted octanol–water partition coefficient (Wildman–Crippen LogP) is 4.53. The molecular weight excluding hydrogens is 253 g/mol. The zero-order chi connectivity index (χ0) is 14.8. The molecule has 0 amide bonds. The topological polar surface area (TPSA) is 21.3 Å². The maximum absolute atomic E-state index is 13.9. The van der Waals surface area contributed by atoms with Crippen molar-refractivity contribution >= 4 is 0 Å². The van der Waals surface area contributed by atoms with E-state index in [-0.39, 0.29) is 5.82 Å². The molecule has 0 aliphatic carbocycles. The smallest absolute Gasteiger partial charge is 0.169 e. The van der Waals surface area contributed by atoms with E-state index in [9.17, 15) is 4.39 Å². The molecule has 0 unspecified atom stereocenters. The summed E-state index contributed by atoms with van der Waals surface area (Å²) in [6.07, 6.45) is 6.35. The van der Waals surface area contributed by atoms with Crippen LogP contribution in [0, 0.1) is 11.7 Å². The average molecular weight is 281 g/mol. The highest BCUT2D eigenvalue weighted by Gasteiger charge is 2.07. The molecule has 0 aliphatic heterocycles. The van der Waals surface area contributed by atoms with Gasteiger partial charge in [-0.05, 0) is 24.9 Å². The largest absolute Gasteiger partial charge is 0.494 e. The third-order valence-electron chi connectivity index (χ3n) is 3.46. The summed E-state index contributed by atoms with van der Waals surface area (Å²) in [4.78, 5) is 0. The Balaban J connectivity index is 2.12. The van der Waals surface area contributed by atoms with Gasteiger partial charge >= 0.3 is 0 Å². The van der Waals surface area contributed by atoms with Gasteiger partial charge in [0.1, 0.15) is 0 Å². The van der Waals surface area contributed by atoms with Crippen LogP contribution in [-0.2, 0) is 6.54 Å². The number of methoxy groups -OCH3 is 1. The second-order valence-corrected chi connectivity index (χ2v) is 5.71. The first-order valence-electron chi connectivity index (χ1n) is 7.67. The van der Waals surface area contributed by atoms with E-state index in [0.29, 0.717) is 17.9 Å². The Morgan fingerprint density at radius 1 is 1.15 bits per heavy atom. The summed E-state index contributed by atoms with van der Waals surface area (Å²) < 4.78 is 18.8. The lowest BCUT2D eigenvalue weighted by Gasteiger charge is -2.09. The van der Waals surface area contributed by atoms with Gasteiger partial charge in [0.15, 0.2) is 11.6 Å². The summed E-state index contributed by atoms with van der Waals surface area (Å²) in [7, 11) is 1.49. The van der Waals surface area contributed by atoms with E-state index >= 15 is 0 Å². The van der Waals surface area contributed by atoms with Crippen LogP contribution in [0.15, 0.2) is 18.2 Å². The molecule has 2 nitrogen and oxygen atoms in total. The molecule has 1 aromatic rings. The monoisotopic (exact) mass is 281 g/mol. The van der Waals surface area contributed by atoms with Crippen molar-refractivity contribution in [3.8, 4) is 5.75 Å². The molecule has 114 valence electrons. The SMILES string of the molecule is COc1cccc(CNCCCCCCC(C)C)c1F. The molecule has 0 heterocycles. The molecule has 0 radical (unpaired) electrons. The van der Waals surface area contributed by atoms with Crippen LogP contribution >= 0.6 is 0 Å². The Hall–Kier alpha value is -1.09. The minimum absolute atomic E-state index is 0.251. The molecule has 0 atom stereocenters. The first-order chi connectivity index (χ1) is 9.65. The van der Waals surface area contributed by atoms with Gasteiger partial charge in [-0.1, -0.05) is 51.7 Å². The molecular formula is C17H28FNO. The van der Waals surface area contributed by atoms with E-state index in [1.165, 1.54) is 32.8 Å². The normalized spacial score (nSPS) is 11.1. The van der Waals surface area contributed by atoms with Crippen LogP contribution in [0.2, 0.25) is 0 Å². The lowest BCUT2D eigenvalue weighted by atomic mass is 10.0. The Morgan fingerprint density at radius 2 is 1.90 bits per heavy atom. The number of nitrogens with one attached hydrogen (secondary N) is 1. The minimum atomic E-state index is -0.251. The molecule has 0 saturated carbocycles. The first-order valence-corrected chi connectivity index (χ1v) is 7.67. The van der Waals surface area contributed by atoms with Crippen molar-refractivity contribution in [1.29, 1.82) is 0 Å². The molecule has 3 heteroatoms. The fraction of sp³-hybridized carbons (Fsp3) is 0.647. The number of hydrogen-bond acceptors (Lipinski definition) is 2. The van der Waals surface area contributed by atoms with Crippen molar-refractivity contribution in [2.75, 3.05) is 13.7 Å². The Morgan fingerprint density at radius 3 is 2.60 bits per heavy atom. The molecule has 1 N–H and O–H groups in total. The van der Waals surface area contributed by atoms with Gasteiger partial charge in [0, 0.05) is 12.1 Å². The van der Waals surface area contributed by atoms with E-state index in [1.807, 2.05) is 6.07 Å². The van der Waals surface area contributed by atoms with Crippen molar-refractivity contribution in [1.82, 2.24) is 5.32 Å². The molecule has 0 fully saturated rings. The second kappa shape index (κ2) is 9.76. The molecule has 0 bridgehead atoms. The third kappa shape index (κ3) is 6.38. The van der Waals surface area contributed by atoms with E-state index in [4.69, 9.17) is 4.74 Å². The van der Waals surface area contributed by atoms with Gasteiger partial charge in [-0.25, -0.2) is 4.39 Å². The maximum Gasteiger partial charge on any atom is 0.169 e. The third-order valence-corrected chi connectivity index (χ3v) is 3.46. The molecule has 1 rings (SSSR count). The van der Waals surface area contributed by atoms with Crippen LogP contribution in [0.5, 0.6) is 5.75 Å². The molecule has 0 aliphatic rings. The Kier molecular flexibility index (Phi) is 8.28. The summed E-state index contributed by atoms with van der Waals surface area (Å²) >= 11 is 0. The van der Waals surface area contributed by atoms with Crippen molar-refractivity contribution in [3.05, 3.63) is 29.6 Å². The second-order valence-electron chi connectivity index (χ2n) is 5.71. The highest BCUT2D eigenvalue weighted by Crippen LogP contribution is 2.19. The first kappa shape index (κ1) is 17.0. The van der Waals surface area contributed by atoms with Gasteiger partial charge in [-0.2, -0.15) is 0 Å². The van der Waals surface area contributed by atoms with Crippen LogP contribution in [0.4, 0.5) is 4.39 Å². The van der Waals surface area contributed by atoms with Gasteiger partial charge in [0.2, 0.25) is 0 Å². The molecule has 0 saturated heterocycles. The van der Waals surface area contributed by atoms with Gasteiger partial charge in [0.05, 0.1) is 7.11 Å². The summed E-state index contributed by atoms with van der Waals surface area (Å²) in [5.41, 5.74) is 0.671. The number of ether oxygens (including phenoxy) is 1. The summed E-state index contributed by atoms with van der Waals surface area (Å²) in [6.45, 7) is 6.04. The maximum atomic E-state index is 13.9. The van der Waals surface area contributed by atoms with E-state index in [0.717, 1.165) is 18.9 Å². The van der Waals surface area contributed by atoms with Gasteiger partial charge < -0.3 is 10.1 Å². The quantitative estimate of drug-likeness (QED) is 0.636. The molecule has 20 heavy (non-hydrogen) atoms. The summed E-state index contributed by atoms with van der Waals surface area (Å²) in [5.74, 6) is 0.876. The average Bonchev–Trinajstić information content (AvgIpc) is 2.43. The van der Waals surface area contributed by atoms with Crippen LogP contribution in [0.25, 0.3) is 0 Å². The number of hydrogen-bond donors (Lipinski definition) is 1. The summed E-state index contributed by atoms with van der Waals surface area (Å²) in [6, 6.07) is 5.27. The number of rotatable bonds is 10. The van der Waals surface area contributed by atoms with Gasteiger partial charge in [0.25, 0.3) is 0 Å². The van der Waals surface area contributed by atoms with Crippen LogP contribution < -0.4 is 10.1 Å². The fourth-order valence-electron chi connectivity index (χ4n) is 2.23. The fourth-order valence-corrected chi connectivity index (χ4v) is 2.23. The molecule has 1 aromatic carbocycles. The lowest BCUT2D eigenvalue weighted by molar-refractivity contribution is 0.383. The van der Waals surface area contributed by atoms with E-state index < -0.39 is 0 Å². The van der Waals surface area contributed by atoms with Crippen molar-refractivity contribution < 1.29 is 9.13 Å². The van der Waals surface area contributed by atoms with Crippen LogP contribution in [0.1, 0.15) is 51.5 Å². The Labute approximate surface area is 122 Å². The number of unbranched alkanes of at least 4 members (excludes halogenated alkanes) is 3. The standard InChI is InChI=1S/C17H28FNO/c1-14(2)9-6-4-5-7-12-19-13-15-10-8-11-16(20-3)17(15)18/h8,10-11,14,19H,4-7,9,12-13H2,1-3H3. The molecule has 0 spiro atoms. The van der Waals surface area contributed by atoms with Crippen molar-refractivity contribution in [2.24, 2.45) is 5.92 Å². The zero-order valence-electron chi connectivity index (χ0n) is 13.0. The van der Waals surface area contributed by atoms with E-state index in [1.54, 1.807) is 12.1 Å². The summed E-state index contributed by atoms with van der Waals surface area (Å²) in [5, 5.41) is 3.30. The zero-order valence-corrected chi connectivity index (χ0v) is 13.0. The van der Waals surface area contributed by atoms with Gasteiger partial charge in [-0.15, -0.1) is 0 Å². The number of benzene rings is 1. The van der Waals surface area contributed by atoms with Crippen molar-refractivity contribution in [3.63, 3.8) is 0 Å². The highest BCUT2D eigenvalue weighted by molar-refractivity contribution is 5.30. The minimum Gasteiger partial charge on any atom is -0.494 e. The van der Waals surface area contributed by atoms with Crippen LogP contribution in [-0.4, -0.2) is 13.7 Å². The molecule has 0 aromatic heterocycles.